The first-order chi connectivity index (χ1) is 6.63. The summed E-state index contributed by atoms with van der Waals surface area (Å²) in [6, 6.07) is 7.44. The standard InChI is InChI=1S/C10H9IO3/c1-14-10(13)9(12)6-7-3-2-4-8(11)5-7/h2-5H,6H2,1H3. The van der Waals surface area contributed by atoms with Crippen LogP contribution in [-0.2, 0) is 20.7 Å². The van der Waals surface area contributed by atoms with E-state index >= 15 is 0 Å². The van der Waals surface area contributed by atoms with Crippen LogP contribution in [0, 0.1) is 3.57 Å². The summed E-state index contributed by atoms with van der Waals surface area (Å²) in [6.45, 7) is 0. The highest BCUT2D eigenvalue weighted by molar-refractivity contribution is 14.1. The molecule has 0 heterocycles. The van der Waals surface area contributed by atoms with Gasteiger partial charge in [0.05, 0.1) is 7.11 Å². The van der Waals surface area contributed by atoms with Gasteiger partial charge in [-0.15, -0.1) is 0 Å². The van der Waals surface area contributed by atoms with Crippen molar-refractivity contribution in [3.8, 4) is 0 Å². The molecule has 1 aromatic rings. The highest BCUT2D eigenvalue weighted by atomic mass is 127. The molecular weight excluding hydrogens is 295 g/mol. The third kappa shape index (κ3) is 3.10. The maximum absolute atomic E-state index is 11.2. The Morgan fingerprint density at radius 2 is 2.14 bits per heavy atom. The zero-order valence-electron chi connectivity index (χ0n) is 7.62. The smallest absolute Gasteiger partial charge is 0.374 e. The van der Waals surface area contributed by atoms with Crippen molar-refractivity contribution in [3.05, 3.63) is 33.4 Å². The van der Waals surface area contributed by atoms with Crippen LogP contribution in [0.4, 0.5) is 0 Å². The first kappa shape index (κ1) is 11.2. The SMILES string of the molecule is COC(=O)C(=O)Cc1cccc(I)c1. The van der Waals surface area contributed by atoms with E-state index in [2.05, 4.69) is 27.3 Å². The van der Waals surface area contributed by atoms with Gasteiger partial charge >= 0.3 is 5.97 Å². The van der Waals surface area contributed by atoms with Crippen LogP contribution in [0.15, 0.2) is 24.3 Å². The molecule has 74 valence electrons. The number of esters is 1. The number of ether oxygens (including phenoxy) is 1. The number of hydrogen-bond donors (Lipinski definition) is 0. The summed E-state index contributed by atoms with van der Waals surface area (Å²) < 4.78 is 5.36. The molecule has 0 saturated carbocycles. The van der Waals surface area contributed by atoms with E-state index in [1.807, 2.05) is 24.3 Å². The van der Waals surface area contributed by atoms with Gasteiger partial charge in [-0.3, -0.25) is 4.79 Å². The van der Waals surface area contributed by atoms with Crippen LogP contribution in [0.2, 0.25) is 0 Å². The Kier molecular flexibility index (Phi) is 4.06. The van der Waals surface area contributed by atoms with Crippen LogP contribution in [-0.4, -0.2) is 18.9 Å². The average molecular weight is 304 g/mol. The Hall–Kier alpha value is -0.910. The van der Waals surface area contributed by atoms with Crippen molar-refractivity contribution < 1.29 is 14.3 Å². The van der Waals surface area contributed by atoms with E-state index in [0.29, 0.717) is 0 Å². The van der Waals surface area contributed by atoms with Gasteiger partial charge in [0.25, 0.3) is 0 Å². The first-order valence-electron chi connectivity index (χ1n) is 3.99. The van der Waals surface area contributed by atoms with Crippen LogP contribution in [0.25, 0.3) is 0 Å². The van der Waals surface area contributed by atoms with E-state index in [9.17, 15) is 9.59 Å². The van der Waals surface area contributed by atoms with Crippen molar-refractivity contribution in [2.24, 2.45) is 0 Å². The summed E-state index contributed by atoms with van der Waals surface area (Å²) in [6.07, 6.45) is 0.101. The average Bonchev–Trinajstić information content (AvgIpc) is 2.16. The normalized spacial score (nSPS) is 9.57. The third-order valence-electron chi connectivity index (χ3n) is 1.67. The van der Waals surface area contributed by atoms with Gasteiger partial charge in [0.15, 0.2) is 0 Å². The van der Waals surface area contributed by atoms with Crippen molar-refractivity contribution in [1.29, 1.82) is 0 Å². The number of carbonyl (C=O) groups is 2. The minimum absolute atomic E-state index is 0.101. The molecule has 0 aliphatic rings. The summed E-state index contributed by atoms with van der Waals surface area (Å²) in [5.41, 5.74) is 0.826. The molecule has 0 fully saturated rings. The Morgan fingerprint density at radius 1 is 1.43 bits per heavy atom. The molecule has 0 amide bonds. The van der Waals surface area contributed by atoms with Gasteiger partial charge < -0.3 is 4.74 Å². The number of halogens is 1. The Bertz CT molecular complexity index is 360. The molecule has 0 spiro atoms. The van der Waals surface area contributed by atoms with Crippen LogP contribution in [0.3, 0.4) is 0 Å². The molecule has 0 radical (unpaired) electrons. The number of rotatable bonds is 3. The molecule has 0 aromatic heterocycles. The summed E-state index contributed by atoms with van der Waals surface area (Å²) in [5, 5.41) is 0. The largest absolute Gasteiger partial charge is 0.463 e. The quantitative estimate of drug-likeness (QED) is 0.484. The fraction of sp³-hybridized carbons (Fsp3) is 0.200. The Labute approximate surface area is 95.6 Å². The van der Waals surface area contributed by atoms with E-state index in [1.54, 1.807) is 0 Å². The number of Topliss-reactive ketones (excluding diaryl/α,β-unsaturated/α-hetero) is 1. The van der Waals surface area contributed by atoms with E-state index in [-0.39, 0.29) is 6.42 Å². The maximum atomic E-state index is 11.2. The predicted molar refractivity (Wildman–Crippen MR) is 59.9 cm³/mol. The lowest BCUT2D eigenvalue weighted by molar-refractivity contribution is -0.151. The molecule has 0 bridgehead atoms. The lowest BCUT2D eigenvalue weighted by Gasteiger charge is -1.99. The van der Waals surface area contributed by atoms with Crippen molar-refractivity contribution in [1.82, 2.24) is 0 Å². The number of methoxy groups -OCH3 is 1. The first-order valence-corrected chi connectivity index (χ1v) is 5.07. The van der Waals surface area contributed by atoms with Crippen LogP contribution in [0.1, 0.15) is 5.56 Å². The lowest BCUT2D eigenvalue weighted by atomic mass is 10.1. The molecule has 0 unspecified atom stereocenters. The summed E-state index contributed by atoms with van der Waals surface area (Å²) in [5.74, 6) is -1.31. The second kappa shape index (κ2) is 5.09. The van der Waals surface area contributed by atoms with Gasteiger partial charge in [-0.2, -0.15) is 0 Å². The number of ketones is 1. The monoisotopic (exact) mass is 304 g/mol. The molecule has 4 heteroatoms. The fourth-order valence-electron chi connectivity index (χ4n) is 1.02. The van der Waals surface area contributed by atoms with Gasteiger partial charge in [0, 0.05) is 9.99 Å². The Balaban J connectivity index is 2.70. The Morgan fingerprint density at radius 3 is 2.71 bits per heavy atom. The van der Waals surface area contributed by atoms with Crippen LogP contribution < -0.4 is 0 Å². The lowest BCUT2D eigenvalue weighted by Crippen LogP contribution is -2.17. The zero-order valence-corrected chi connectivity index (χ0v) is 9.78. The zero-order chi connectivity index (χ0) is 10.6. The van der Waals surface area contributed by atoms with Crippen LogP contribution in [0.5, 0.6) is 0 Å². The van der Waals surface area contributed by atoms with E-state index < -0.39 is 11.8 Å². The molecule has 0 aliphatic heterocycles. The van der Waals surface area contributed by atoms with Crippen molar-refractivity contribution in [2.45, 2.75) is 6.42 Å². The second-order valence-electron chi connectivity index (χ2n) is 2.72. The van der Waals surface area contributed by atoms with E-state index in [0.717, 1.165) is 9.13 Å². The van der Waals surface area contributed by atoms with Gasteiger partial charge in [-0.1, -0.05) is 12.1 Å². The predicted octanol–water partition coefficient (Wildman–Crippen LogP) is 1.58. The van der Waals surface area contributed by atoms with Crippen molar-refractivity contribution in [2.75, 3.05) is 7.11 Å². The highest BCUT2D eigenvalue weighted by Gasteiger charge is 2.13. The number of carbonyl (C=O) groups excluding carboxylic acids is 2. The fourth-order valence-corrected chi connectivity index (χ4v) is 1.63. The van der Waals surface area contributed by atoms with E-state index in [1.165, 1.54) is 7.11 Å². The minimum Gasteiger partial charge on any atom is -0.463 e. The molecule has 1 aromatic carbocycles. The molecular formula is C10H9IO3. The minimum atomic E-state index is -0.788. The van der Waals surface area contributed by atoms with Crippen LogP contribution >= 0.6 is 22.6 Å². The van der Waals surface area contributed by atoms with Crippen molar-refractivity contribution >= 4 is 34.3 Å². The summed E-state index contributed by atoms with van der Waals surface area (Å²) in [7, 11) is 1.20. The molecule has 0 atom stereocenters. The molecule has 0 N–H and O–H groups in total. The molecule has 14 heavy (non-hydrogen) atoms. The molecule has 3 nitrogen and oxygen atoms in total. The maximum Gasteiger partial charge on any atom is 0.374 e. The number of benzene rings is 1. The molecule has 0 saturated heterocycles. The summed E-state index contributed by atoms with van der Waals surface area (Å²) in [4.78, 5) is 22.0. The van der Waals surface area contributed by atoms with Gasteiger partial charge in [-0.05, 0) is 40.3 Å². The highest BCUT2D eigenvalue weighted by Crippen LogP contribution is 2.08. The topological polar surface area (TPSA) is 43.4 Å². The van der Waals surface area contributed by atoms with Gasteiger partial charge in [0.1, 0.15) is 0 Å². The molecule has 0 aliphatic carbocycles. The van der Waals surface area contributed by atoms with Crippen molar-refractivity contribution in [3.63, 3.8) is 0 Å². The van der Waals surface area contributed by atoms with Gasteiger partial charge in [0.2, 0.25) is 5.78 Å². The second-order valence-corrected chi connectivity index (χ2v) is 3.97. The van der Waals surface area contributed by atoms with E-state index in [4.69, 9.17) is 0 Å². The molecule has 1 rings (SSSR count). The third-order valence-corrected chi connectivity index (χ3v) is 2.34. The number of hydrogen-bond acceptors (Lipinski definition) is 3. The summed E-state index contributed by atoms with van der Waals surface area (Å²) >= 11 is 2.15. The van der Waals surface area contributed by atoms with Gasteiger partial charge in [-0.25, -0.2) is 4.79 Å².